The zero-order valence-corrected chi connectivity index (χ0v) is 9.15. The molecule has 0 bridgehead atoms. The summed E-state index contributed by atoms with van der Waals surface area (Å²) in [6.45, 7) is 0. The van der Waals surface area contributed by atoms with Crippen molar-refractivity contribution in [3.8, 4) is 0 Å². The molecule has 7 nitrogen and oxygen atoms in total. The fourth-order valence-electron chi connectivity index (χ4n) is 1.71. The molecule has 0 saturated carbocycles. The van der Waals surface area contributed by atoms with Gasteiger partial charge in [0.15, 0.2) is 5.65 Å². The molecule has 1 aromatic carbocycles. The zero-order chi connectivity index (χ0) is 12.5. The topological polar surface area (TPSA) is 106 Å². The van der Waals surface area contributed by atoms with E-state index in [1.54, 1.807) is 0 Å². The van der Waals surface area contributed by atoms with E-state index in [0.717, 1.165) is 5.69 Å². The predicted molar refractivity (Wildman–Crippen MR) is 67.1 cm³/mol. The van der Waals surface area contributed by atoms with Crippen molar-refractivity contribution in [2.75, 3.05) is 5.32 Å². The molecule has 0 amide bonds. The number of hydrogen-bond acceptors (Lipinski definition) is 4. The van der Waals surface area contributed by atoms with Gasteiger partial charge in [0, 0.05) is 5.69 Å². The summed E-state index contributed by atoms with van der Waals surface area (Å²) in [6.07, 6.45) is 0. The molecular weight excluding hydrogens is 234 g/mol. The summed E-state index contributed by atoms with van der Waals surface area (Å²) in [6, 6.07) is 9.33. The van der Waals surface area contributed by atoms with Crippen molar-refractivity contribution in [1.82, 2.24) is 20.2 Å². The molecule has 0 spiro atoms. The minimum atomic E-state index is -0.578. The molecule has 0 aliphatic carbocycles. The van der Waals surface area contributed by atoms with Gasteiger partial charge in [-0.2, -0.15) is 5.10 Å². The molecule has 2 heterocycles. The van der Waals surface area contributed by atoms with Crippen LogP contribution in [0.15, 0.2) is 39.9 Å². The first-order chi connectivity index (χ1) is 8.74. The number of aromatic amines is 3. The first-order valence-corrected chi connectivity index (χ1v) is 5.27. The highest BCUT2D eigenvalue weighted by Crippen LogP contribution is 2.18. The third-order valence-corrected chi connectivity index (χ3v) is 2.50. The van der Waals surface area contributed by atoms with Crippen molar-refractivity contribution < 1.29 is 0 Å². The maximum Gasteiger partial charge on any atom is 0.327 e. The van der Waals surface area contributed by atoms with E-state index in [4.69, 9.17) is 0 Å². The van der Waals surface area contributed by atoms with Crippen LogP contribution in [0, 0.1) is 0 Å². The average Bonchev–Trinajstić information content (AvgIpc) is 2.73. The number of H-pyrrole nitrogens is 3. The van der Waals surface area contributed by atoms with E-state index in [9.17, 15) is 9.59 Å². The van der Waals surface area contributed by atoms with E-state index in [0.29, 0.717) is 11.2 Å². The number of benzene rings is 1. The third-order valence-electron chi connectivity index (χ3n) is 2.50. The summed E-state index contributed by atoms with van der Waals surface area (Å²) >= 11 is 0. The number of nitrogens with zero attached hydrogens (tertiary/aromatic N) is 1. The largest absolute Gasteiger partial charge is 0.340 e. The van der Waals surface area contributed by atoms with Crippen molar-refractivity contribution in [1.29, 1.82) is 0 Å². The van der Waals surface area contributed by atoms with Crippen LogP contribution >= 0.6 is 0 Å². The minimum Gasteiger partial charge on any atom is -0.340 e. The summed E-state index contributed by atoms with van der Waals surface area (Å²) < 4.78 is 0. The average molecular weight is 243 g/mol. The number of hydrogen-bond donors (Lipinski definition) is 4. The van der Waals surface area contributed by atoms with Crippen LogP contribution < -0.4 is 16.6 Å². The molecule has 3 rings (SSSR count). The van der Waals surface area contributed by atoms with Crippen LogP contribution in [0.25, 0.3) is 11.0 Å². The van der Waals surface area contributed by atoms with Crippen LogP contribution in [-0.4, -0.2) is 20.2 Å². The van der Waals surface area contributed by atoms with Gasteiger partial charge in [0.1, 0.15) is 11.2 Å². The summed E-state index contributed by atoms with van der Waals surface area (Å²) in [4.78, 5) is 27.4. The molecule has 90 valence electrons. The second-order valence-electron chi connectivity index (χ2n) is 3.72. The standard InChI is InChI=1S/C11H9N5O2/c17-10-7-8(12-6-4-2-1-3-5-6)15-16-9(7)13-11(18)14-10/h1-5H,(H4,12,13,14,15,16,17,18). The maximum atomic E-state index is 11.7. The second kappa shape index (κ2) is 3.88. The van der Waals surface area contributed by atoms with Crippen LogP contribution in [-0.2, 0) is 0 Å². The molecular formula is C11H9N5O2. The van der Waals surface area contributed by atoms with E-state index in [-0.39, 0.29) is 5.65 Å². The Labute approximate surface area is 99.9 Å². The van der Waals surface area contributed by atoms with E-state index in [2.05, 4.69) is 25.5 Å². The molecule has 0 saturated heterocycles. The highest BCUT2D eigenvalue weighted by Gasteiger charge is 2.10. The van der Waals surface area contributed by atoms with Crippen LogP contribution in [0.4, 0.5) is 11.5 Å². The van der Waals surface area contributed by atoms with Gasteiger partial charge in [-0.15, -0.1) is 0 Å². The van der Waals surface area contributed by atoms with Gasteiger partial charge in [-0.05, 0) is 12.1 Å². The summed E-state index contributed by atoms with van der Waals surface area (Å²) in [5, 5.41) is 9.87. The molecule has 0 aliphatic rings. The van der Waals surface area contributed by atoms with Crippen LogP contribution in [0.3, 0.4) is 0 Å². The fourth-order valence-corrected chi connectivity index (χ4v) is 1.71. The Hall–Kier alpha value is -2.83. The number of fused-ring (bicyclic) bond motifs is 1. The molecule has 2 aromatic heterocycles. The van der Waals surface area contributed by atoms with Crippen molar-refractivity contribution in [2.24, 2.45) is 0 Å². The molecule has 18 heavy (non-hydrogen) atoms. The highest BCUT2D eigenvalue weighted by atomic mass is 16.2. The molecule has 0 unspecified atom stereocenters. The number of para-hydroxylation sites is 1. The Bertz CT molecular complexity index is 799. The van der Waals surface area contributed by atoms with E-state index in [1.165, 1.54) is 0 Å². The summed E-state index contributed by atoms with van der Waals surface area (Å²) in [5.74, 6) is 0.439. The Morgan fingerprint density at radius 1 is 1.06 bits per heavy atom. The molecule has 0 radical (unpaired) electrons. The Balaban J connectivity index is 2.14. The Morgan fingerprint density at radius 3 is 2.61 bits per heavy atom. The van der Waals surface area contributed by atoms with Gasteiger partial charge >= 0.3 is 5.69 Å². The lowest BCUT2D eigenvalue weighted by Crippen LogP contribution is -2.21. The van der Waals surface area contributed by atoms with Crippen LogP contribution in [0.5, 0.6) is 0 Å². The summed E-state index contributed by atoms with van der Waals surface area (Å²) in [7, 11) is 0. The van der Waals surface area contributed by atoms with Gasteiger partial charge in [-0.3, -0.25) is 19.9 Å². The highest BCUT2D eigenvalue weighted by molar-refractivity contribution is 5.87. The van der Waals surface area contributed by atoms with Crippen molar-refractivity contribution in [3.63, 3.8) is 0 Å². The third kappa shape index (κ3) is 1.67. The number of anilines is 2. The van der Waals surface area contributed by atoms with Gasteiger partial charge in [0.2, 0.25) is 0 Å². The monoisotopic (exact) mass is 243 g/mol. The summed E-state index contributed by atoms with van der Waals surface area (Å²) in [5.41, 5.74) is -0.0259. The molecule has 0 aliphatic heterocycles. The van der Waals surface area contributed by atoms with E-state index < -0.39 is 11.2 Å². The normalized spacial score (nSPS) is 10.7. The molecule has 0 atom stereocenters. The maximum absolute atomic E-state index is 11.7. The van der Waals surface area contributed by atoms with Crippen molar-refractivity contribution in [3.05, 3.63) is 51.2 Å². The van der Waals surface area contributed by atoms with Crippen molar-refractivity contribution in [2.45, 2.75) is 0 Å². The van der Waals surface area contributed by atoms with Crippen molar-refractivity contribution >= 4 is 22.5 Å². The Morgan fingerprint density at radius 2 is 1.83 bits per heavy atom. The number of nitrogens with one attached hydrogen (secondary N) is 4. The number of rotatable bonds is 2. The molecule has 0 fully saturated rings. The van der Waals surface area contributed by atoms with Crippen LogP contribution in [0.2, 0.25) is 0 Å². The molecule has 4 N–H and O–H groups in total. The first-order valence-electron chi connectivity index (χ1n) is 5.27. The SMILES string of the molecule is O=c1[nH]c(=O)c2c(Nc3ccccc3)[nH]nc2[nH]1. The van der Waals surface area contributed by atoms with E-state index in [1.807, 2.05) is 30.3 Å². The fraction of sp³-hybridized carbons (Fsp3) is 0. The van der Waals surface area contributed by atoms with Crippen LogP contribution in [0.1, 0.15) is 0 Å². The first kappa shape index (κ1) is 10.3. The zero-order valence-electron chi connectivity index (χ0n) is 9.15. The lowest BCUT2D eigenvalue weighted by molar-refractivity contribution is 1.04. The molecule has 3 aromatic rings. The van der Waals surface area contributed by atoms with Gasteiger partial charge < -0.3 is 5.32 Å². The Kier molecular flexibility index (Phi) is 2.23. The molecule has 7 heteroatoms. The quantitative estimate of drug-likeness (QED) is 0.531. The predicted octanol–water partition coefficient (Wildman–Crippen LogP) is 0.683. The number of aromatic nitrogens is 4. The smallest absolute Gasteiger partial charge is 0.327 e. The van der Waals surface area contributed by atoms with Gasteiger partial charge in [0.05, 0.1) is 0 Å². The van der Waals surface area contributed by atoms with Gasteiger partial charge in [0.25, 0.3) is 5.56 Å². The van der Waals surface area contributed by atoms with Gasteiger partial charge in [-0.25, -0.2) is 4.79 Å². The second-order valence-corrected chi connectivity index (χ2v) is 3.72. The van der Waals surface area contributed by atoms with E-state index >= 15 is 0 Å². The van der Waals surface area contributed by atoms with Gasteiger partial charge in [-0.1, -0.05) is 18.2 Å². The lowest BCUT2D eigenvalue weighted by atomic mass is 10.3. The lowest BCUT2D eigenvalue weighted by Gasteiger charge is -2.02. The minimum absolute atomic E-state index is 0.224.